The predicted octanol–water partition coefficient (Wildman–Crippen LogP) is 3.94. The van der Waals surface area contributed by atoms with Gasteiger partial charge in [-0.05, 0) is 49.0 Å². The molecule has 0 aromatic carbocycles. The van der Waals surface area contributed by atoms with E-state index in [0.717, 1.165) is 31.3 Å². The average molecular weight is 225 g/mol. The summed E-state index contributed by atoms with van der Waals surface area (Å²) >= 11 is 0. The summed E-state index contributed by atoms with van der Waals surface area (Å²) in [6.45, 7) is 4.46. The Balaban J connectivity index is 2.02. The van der Waals surface area contributed by atoms with Crippen LogP contribution in [0.1, 0.15) is 58.8 Å². The van der Waals surface area contributed by atoms with Gasteiger partial charge < -0.3 is 5.73 Å². The first-order valence-corrected chi connectivity index (χ1v) is 6.66. The molecule has 0 aromatic rings. The Hall–Kier alpha value is -0.370. The lowest BCUT2D eigenvalue weighted by molar-refractivity contribution is 0.321. The Morgan fingerprint density at radius 3 is 2.62 bits per heavy atom. The Bertz CT molecular complexity index is 291. The van der Waals surface area contributed by atoms with Gasteiger partial charge in [0.05, 0.1) is 0 Å². The third kappa shape index (κ3) is 2.65. The van der Waals surface area contributed by atoms with Crippen LogP contribution in [0.2, 0.25) is 0 Å². The van der Waals surface area contributed by atoms with Crippen molar-refractivity contribution < 1.29 is 4.39 Å². The molecule has 0 aliphatic heterocycles. The van der Waals surface area contributed by atoms with Crippen molar-refractivity contribution in [3.05, 3.63) is 11.4 Å². The molecule has 2 aliphatic carbocycles. The van der Waals surface area contributed by atoms with Crippen LogP contribution in [0.4, 0.5) is 4.39 Å². The van der Waals surface area contributed by atoms with Crippen LogP contribution >= 0.6 is 0 Å². The molecule has 0 saturated heterocycles. The van der Waals surface area contributed by atoms with Gasteiger partial charge >= 0.3 is 0 Å². The van der Waals surface area contributed by atoms with Crippen molar-refractivity contribution in [2.45, 2.75) is 64.8 Å². The molecular formula is C14H24FN. The highest BCUT2D eigenvalue weighted by Gasteiger charge is 2.40. The minimum atomic E-state index is 0.0516. The highest BCUT2D eigenvalue weighted by atomic mass is 19.1. The fraction of sp³-hybridized carbons (Fsp3) is 0.857. The number of nitrogens with two attached hydrogens (primary N) is 1. The maximum absolute atomic E-state index is 13.9. The van der Waals surface area contributed by atoms with Crippen LogP contribution in [-0.4, -0.2) is 6.04 Å². The van der Waals surface area contributed by atoms with Crippen LogP contribution in [0.3, 0.4) is 0 Å². The molecule has 92 valence electrons. The second-order valence-corrected chi connectivity index (χ2v) is 6.12. The van der Waals surface area contributed by atoms with Crippen LogP contribution in [0.5, 0.6) is 0 Å². The first-order valence-electron chi connectivity index (χ1n) is 6.66. The molecule has 0 bridgehead atoms. The van der Waals surface area contributed by atoms with Gasteiger partial charge in [0, 0.05) is 12.5 Å². The second-order valence-electron chi connectivity index (χ2n) is 6.12. The van der Waals surface area contributed by atoms with Gasteiger partial charge in [-0.15, -0.1) is 0 Å². The van der Waals surface area contributed by atoms with Gasteiger partial charge in [0.15, 0.2) is 0 Å². The molecule has 0 radical (unpaired) electrons. The van der Waals surface area contributed by atoms with E-state index in [1.54, 1.807) is 0 Å². The zero-order chi connectivity index (χ0) is 11.8. The molecule has 0 heterocycles. The highest BCUT2D eigenvalue weighted by Crippen LogP contribution is 2.52. The molecule has 1 nitrogen and oxygen atoms in total. The minimum Gasteiger partial charge on any atom is -0.327 e. The first-order chi connectivity index (χ1) is 7.54. The van der Waals surface area contributed by atoms with E-state index in [2.05, 4.69) is 13.8 Å². The lowest BCUT2D eigenvalue weighted by Gasteiger charge is -2.30. The van der Waals surface area contributed by atoms with Gasteiger partial charge in [-0.3, -0.25) is 0 Å². The van der Waals surface area contributed by atoms with Gasteiger partial charge in [0.1, 0.15) is 5.83 Å². The van der Waals surface area contributed by atoms with E-state index in [1.165, 1.54) is 12.8 Å². The number of allylic oxidation sites excluding steroid dienone is 1. The van der Waals surface area contributed by atoms with E-state index >= 15 is 0 Å². The van der Waals surface area contributed by atoms with Crippen molar-refractivity contribution in [1.29, 1.82) is 0 Å². The van der Waals surface area contributed by atoms with E-state index in [4.69, 9.17) is 5.73 Å². The molecule has 2 atom stereocenters. The highest BCUT2D eigenvalue weighted by molar-refractivity contribution is 5.18. The third-order valence-corrected chi connectivity index (χ3v) is 4.32. The Kier molecular flexibility index (Phi) is 3.39. The fourth-order valence-corrected chi connectivity index (χ4v) is 2.86. The summed E-state index contributed by atoms with van der Waals surface area (Å²) in [7, 11) is 0. The summed E-state index contributed by atoms with van der Waals surface area (Å²) in [5, 5.41) is 0. The zero-order valence-corrected chi connectivity index (χ0v) is 10.6. The maximum atomic E-state index is 13.9. The smallest absolute Gasteiger partial charge is 0.101 e. The van der Waals surface area contributed by atoms with Crippen molar-refractivity contribution in [2.24, 2.45) is 17.1 Å². The molecule has 1 fully saturated rings. The van der Waals surface area contributed by atoms with Gasteiger partial charge in [-0.1, -0.05) is 20.3 Å². The van der Waals surface area contributed by atoms with Gasteiger partial charge in [-0.25, -0.2) is 4.39 Å². The molecule has 2 unspecified atom stereocenters. The summed E-state index contributed by atoms with van der Waals surface area (Å²) in [4.78, 5) is 0. The van der Waals surface area contributed by atoms with Gasteiger partial charge in [0.25, 0.3) is 0 Å². The topological polar surface area (TPSA) is 26.0 Å². The lowest BCUT2D eigenvalue weighted by atomic mass is 9.79. The lowest BCUT2D eigenvalue weighted by Crippen LogP contribution is -2.34. The van der Waals surface area contributed by atoms with Crippen LogP contribution in [0.25, 0.3) is 0 Å². The van der Waals surface area contributed by atoms with E-state index in [9.17, 15) is 4.39 Å². The quantitative estimate of drug-likeness (QED) is 0.770. The summed E-state index contributed by atoms with van der Waals surface area (Å²) in [6.07, 6.45) is 7.22. The molecule has 0 amide bonds. The van der Waals surface area contributed by atoms with E-state index in [-0.39, 0.29) is 11.9 Å². The molecular weight excluding hydrogens is 201 g/mol. The molecule has 2 rings (SSSR count). The van der Waals surface area contributed by atoms with E-state index in [1.807, 2.05) is 0 Å². The van der Waals surface area contributed by atoms with Crippen molar-refractivity contribution in [1.82, 2.24) is 0 Å². The van der Waals surface area contributed by atoms with Crippen LogP contribution in [0, 0.1) is 11.3 Å². The normalized spacial score (nSPS) is 33.0. The molecule has 16 heavy (non-hydrogen) atoms. The Morgan fingerprint density at radius 1 is 1.38 bits per heavy atom. The zero-order valence-electron chi connectivity index (χ0n) is 10.6. The van der Waals surface area contributed by atoms with E-state index < -0.39 is 0 Å². The van der Waals surface area contributed by atoms with Crippen molar-refractivity contribution in [3.63, 3.8) is 0 Å². The Labute approximate surface area is 98.3 Å². The first kappa shape index (κ1) is 12.1. The summed E-state index contributed by atoms with van der Waals surface area (Å²) in [5.41, 5.74) is 7.53. The molecule has 2 N–H and O–H groups in total. The average Bonchev–Trinajstić information content (AvgIpc) is 2.92. The molecule has 0 spiro atoms. The third-order valence-electron chi connectivity index (χ3n) is 4.32. The standard InChI is InChI=1S/C14H24FN/c1-3-4-10-7-11(9-14(2)5-6-14)12(15)8-13(10)16/h10,13H,3-9,16H2,1-2H3. The Morgan fingerprint density at radius 2 is 2.06 bits per heavy atom. The van der Waals surface area contributed by atoms with Crippen LogP contribution in [-0.2, 0) is 0 Å². The minimum absolute atomic E-state index is 0.0516. The summed E-state index contributed by atoms with van der Waals surface area (Å²) < 4.78 is 13.9. The monoisotopic (exact) mass is 225 g/mol. The molecule has 2 heteroatoms. The predicted molar refractivity (Wildman–Crippen MR) is 65.7 cm³/mol. The van der Waals surface area contributed by atoms with E-state index in [0.29, 0.717) is 17.8 Å². The van der Waals surface area contributed by atoms with Gasteiger partial charge in [0.2, 0.25) is 0 Å². The van der Waals surface area contributed by atoms with Crippen molar-refractivity contribution in [3.8, 4) is 0 Å². The van der Waals surface area contributed by atoms with Gasteiger partial charge in [-0.2, -0.15) is 0 Å². The van der Waals surface area contributed by atoms with Crippen molar-refractivity contribution in [2.75, 3.05) is 0 Å². The van der Waals surface area contributed by atoms with Crippen molar-refractivity contribution >= 4 is 0 Å². The van der Waals surface area contributed by atoms with Crippen LogP contribution in [0.15, 0.2) is 11.4 Å². The number of rotatable bonds is 4. The fourth-order valence-electron chi connectivity index (χ4n) is 2.86. The molecule has 0 aromatic heterocycles. The summed E-state index contributed by atoms with van der Waals surface area (Å²) in [5.74, 6) is 0.620. The maximum Gasteiger partial charge on any atom is 0.101 e. The molecule has 2 aliphatic rings. The summed E-state index contributed by atoms with van der Waals surface area (Å²) in [6, 6.07) is 0.0516. The van der Waals surface area contributed by atoms with Crippen LogP contribution < -0.4 is 5.73 Å². The second kappa shape index (κ2) is 4.48. The number of hydrogen-bond donors (Lipinski definition) is 1. The largest absolute Gasteiger partial charge is 0.327 e. The number of hydrogen-bond acceptors (Lipinski definition) is 1. The molecule has 1 saturated carbocycles. The number of halogens is 1. The SMILES string of the molecule is CCCC1CC(CC2(C)CC2)=C(F)CC1N.